The Labute approximate surface area is 254 Å². The van der Waals surface area contributed by atoms with Crippen molar-refractivity contribution in [3.63, 3.8) is 0 Å². The first-order chi connectivity index (χ1) is 21.0. The molecule has 0 amide bonds. The van der Waals surface area contributed by atoms with Gasteiger partial charge >= 0.3 is 5.97 Å². The largest absolute Gasteiger partial charge is 0.485 e. The van der Waals surface area contributed by atoms with Gasteiger partial charge in [-0.2, -0.15) is 0 Å². The van der Waals surface area contributed by atoms with Crippen LogP contribution in [-0.4, -0.2) is 59.9 Å². The number of halogens is 2. The molecule has 0 saturated carbocycles. The lowest BCUT2D eigenvalue weighted by atomic mass is 9.88. The second-order valence-corrected chi connectivity index (χ2v) is 11.9. The number of nitrogens with zero attached hydrogens (tertiary/aromatic N) is 3. The van der Waals surface area contributed by atoms with Crippen LogP contribution in [-0.2, 0) is 22.6 Å². The van der Waals surface area contributed by atoms with E-state index in [1.165, 1.54) is 13.2 Å². The number of methoxy groups -OCH3 is 1. The SMILES string of the molecule is COC(=O)c1ccc2nc(CN3CCC(c4cccc5c4OC[C@H](c4ccc(Cl)cc4F)O5)CC3)n(C[C@@H]3CCO3)c2c1. The number of rotatable bonds is 7. The van der Waals surface area contributed by atoms with Gasteiger partial charge in [0.1, 0.15) is 18.2 Å². The van der Waals surface area contributed by atoms with Crippen molar-refractivity contribution >= 4 is 28.6 Å². The van der Waals surface area contributed by atoms with E-state index >= 15 is 0 Å². The number of ether oxygens (including phenoxy) is 4. The molecule has 1 aromatic heterocycles. The summed E-state index contributed by atoms with van der Waals surface area (Å²) in [6.45, 7) is 4.25. The van der Waals surface area contributed by atoms with Gasteiger partial charge in [-0.05, 0) is 74.7 Å². The predicted octanol–water partition coefficient (Wildman–Crippen LogP) is 6.30. The summed E-state index contributed by atoms with van der Waals surface area (Å²) in [7, 11) is 1.39. The number of carbonyl (C=O) groups excluding carboxylic acids is 1. The van der Waals surface area contributed by atoms with Crippen molar-refractivity contribution < 1.29 is 28.1 Å². The summed E-state index contributed by atoms with van der Waals surface area (Å²) in [5, 5.41) is 0.351. The molecule has 43 heavy (non-hydrogen) atoms. The Bertz CT molecular complexity index is 1660. The van der Waals surface area contributed by atoms with Gasteiger partial charge in [-0.3, -0.25) is 4.90 Å². The smallest absolute Gasteiger partial charge is 0.337 e. The second kappa shape index (κ2) is 11.8. The van der Waals surface area contributed by atoms with Crippen LogP contribution >= 0.6 is 11.6 Å². The molecule has 7 rings (SSSR count). The van der Waals surface area contributed by atoms with E-state index < -0.39 is 11.9 Å². The van der Waals surface area contributed by atoms with E-state index in [4.69, 9.17) is 35.5 Å². The van der Waals surface area contributed by atoms with Crippen molar-refractivity contribution in [2.75, 3.05) is 33.4 Å². The molecule has 0 bridgehead atoms. The van der Waals surface area contributed by atoms with Crippen molar-refractivity contribution in [3.05, 3.63) is 88.0 Å². The minimum absolute atomic E-state index is 0.158. The zero-order chi connectivity index (χ0) is 29.5. The molecule has 0 spiro atoms. The highest BCUT2D eigenvalue weighted by Gasteiger charge is 2.31. The number of carbonyl (C=O) groups is 1. The lowest BCUT2D eigenvalue weighted by Gasteiger charge is -2.35. The second-order valence-electron chi connectivity index (χ2n) is 11.4. The third-order valence-electron chi connectivity index (χ3n) is 8.79. The lowest BCUT2D eigenvalue weighted by molar-refractivity contribution is -0.0592. The molecular weight excluding hydrogens is 573 g/mol. The van der Waals surface area contributed by atoms with Crippen molar-refractivity contribution in [2.24, 2.45) is 0 Å². The fraction of sp³-hybridized carbons (Fsp3) is 0.394. The Hall–Kier alpha value is -3.66. The summed E-state index contributed by atoms with van der Waals surface area (Å²) in [4.78, 5) is 19.6. The summed E-state index contributed by atoms with van der Waals surface area (Å²) in [5.74, 6) is 1.94. The molecule has 4 aromatic rings. The molecular formula is C33H33ClFN3O5. The van der Waals surface area contributed by atoms with E-state index in [0.717, 1.165) is 67.1 Å². The van der Waals surface area contributed by atoms with Crippen molar-refractivity contribution in [1.82, 2.24) is 14.5 Å². The highest BCUT2D eigenvalue weighted by Crippen LogP contribution is 2.44. The fourth-order valence-electron chi connectivity index (χ4n) is 6.34. The summed E-state index contributed by atoms with van der Waals surface area (Å²) < 4.78 is 39.9. The summed E-state index contributed by atoms with van der Waals surface area (Å²) >= 11 is 5.93. The van der Waals surface area contributed by atoms with Crippen LogP contribution < -0.4 is 9.47 Å². The molecule has 8 nitrogen and oxygen atoms in total. The number of para-hydroxylation sites is 1. The van der Waals surface area contributed by atoms with Gasteiger partial charge in [-0.15, -0.1) is 0 Å². The topological polar surface area (TPSA) is 75.0 Å². The van der Waals surface area contributed by atoms with E-state index in [0.29, 0.717) is 40.9 Å². The Morgan fingerprint density at radius 1 is 1.09 bits per heavy atom. The van der Waals surface area contributed by atoms with Gasteiger partial charge in [-0.25, -0.2) is 14.2 Å². The first-order valence-corrected chi connectivity index (χ1v) is 15.1. The number of likely N-dealkylation sites (tertiary alicyclic amines) is 1. The highest BCUT2D eigenvalue weighted by atomic mass is 35.5. The van der Waals surface area contributed by atoms with Crippen LogP contribution in [0.3, 0.4) is 0 Å². The minimum Gasteiger partial charge on any atom is -0.485 e. The summed E-state index contributed by atoms with van der Waals surface area (Å²) in [6, 6.07) is 16.1. The highest BCUT2D eigenvalue weighted by molar-refractivity contribution is 6.30. The van der Waals surface area contributed by atoms with Crippen LogP contribution in [0.1, 0.15) is 58.6 Å². The van der Waals surface area contributed by atoms with Gasteiger partial charge in [0, 0.05) is 22.8 Å². The zero-order valence-electron chi connectivity index (χ0n) is 23.9. The number of piperidine rings is 1. The summed E-state index contributed by atoms with van der Waals surface area (Å²) in [5.41, 5.74) is 3.87. The predicted molar refractivity (Wildman–Crippen MR) is 159 cm³/mol. The van der Waals surface area contributed by atoms with Crippen molar-refractivity contribution in [3.8, 4) is 11.5 Å². The van der Waals surface area contributed by atoms with Gasteiger partial charge in [0.25, 0.3) is 0 Å². The molecule has 0 N–H and O–H groups in total. The Morgan fingerprint density at radius 3 is 2.67 bits per heavy atom. The molecule has 2 atom stereocenters. The van der Waals surface area contributed by atoms with Crippen LogP contribution in [0.15, 0.2) is 54.6 Å². The van der Waals surface area contributed by atoms with Crippen LogP contribution in [0.5, 0.6) is 11.5 Å². The monoisotopic (exact) mass is 605 g/mol. The van der Waals surface area contributed by atoms with Gasteiger partial charge in [0.15, 0.2) is 17.6 Å². The van der Waals surface area contributed by atoms with Gasteiger partial charge in [-0.1, -0.05) is 29.8 Å². The van der Waals surface area contributed by atoms with E-state index in [1.807, 2.05) is 24.3 Å². The first-order valence-electron chi connectivity index (χ1n) is 14.8. The first kappa shape index (κ1) is 28.1. The Kier molecular flexibility index (Phi) is 7.71. The van der Waals surface area contributed by atoms with Crippen molar-refractivity contribution in [1.29, 1.82) is 0 Å². The molecule has 0 aliphatic carbocycles. The quantitative estimate of drug-likeness (QED) is 0.229. The van der Waals surface area contributed by atoms with Crippen LogP contribution in [0.2, 0.25) is 5.02 Å². The number of fused-ring (bicyclic) bond motifs is 2. The number of hydrogen-bond acceptors (Lipinski definition) is 7. The molecule has 224 valence electrons. The van der Waals surface area contributed by atoms with Gasteiger partial charge in [0.05, 0.1) is 42.9 Å². The molecule has 3 aromatic carbocycles. The average molecular weight is 606 g/mol. The summed E-state index contributed by atoms with van der Waals surface area (Å²) in [6.07, 6.45) is 2.58. The molecule has 4 heterocycles. The van der Waals surface area contributed by atoms with E-state index in [1.54, 1.807) is 18.2 Å². The normalized spacial score (nSPS) is 20.6. The maximum Gasteiger partial charge on any atom is 0.337 e. The Balaban J connectivity index is 1.05. The molecule has 0 unspecified atom stereocenters. The van der Waals surface area contributed by atoms with Crippen LogP contribution in [0, 0.1) is 5.82 Å². The average Bonchev–Trinajstić information content (AvgIpc) is 3.34. The maximum atomic E-state index is 14.6. The molecule has 0 radical (unpaired) electrons. The van der Waals surface area contributed by atoms with E-state index in [2.05, 4.69) is 15.5 Å². The number of aromatic nitrogens is 2. The molecule has 3 aliphatic rings. The standard InChI is InChI=1S/C33H33ClFN3O5/c1-40-33(39)21-5-8-27-28(15-21)38(17-23-11-14-41-23)31(36-27)18-37-12-9-20(10-13-37)24-3-2-4-29-32(24)42-19-30(43-29)25-7-6-22(34)16-26(25)35/h2-8,15-16,20,23,30H,9-14,17-19H2,1H3/t23-,30+/m0/s1. The Morgan fingerprint density at radius 2 is 1.93 bits per heavy atom. The van der Waals surface area contributed by atoms with E-state index in [9.17, 15) is 9.18 Å². The molecule has 3 aliphatic heterocycles. The number of hydrogen-bond donors (Lipinski definition) is 0. The lowest BCUT2D eigenvalue weighted by Crippen LogP contribution is -2.35. The number of esters is 1. The van der Waals surface area contributed by atoms with Gasteiger partial charge < -0.3 is 23.5 Å². The maximum absolute atomic E-state index is 14.6. The molecule has 2 fully saturated rings. The van der Waals surface area contributed by atoms with Crippen LogP contribution in [0.4, 0.5) is 4.39 Å². The third-order valence-corrected chi connectivity index (χ3v) is 9.02. The minimum atomic E-state index is -0.532. The molecule has 10 heteroatoms. The van der Waals surface area contributed by atoms with Crippen molar-refractivity contribution in [2.45, 2.75) is 50.5 Å². The fourth-order valence-corrected chi connectivity index (χ4v) is 6.50. The number of benzene rings is 3. The van der Waals surface area contributed by atoms with Crippen LogP contribution in [0.25, 0.3) is 11.0 Å². The third kappa shape index (κ3) is 5.57. The van der Waals surface area contributed by atoms with E-state index in [-0.39, 0.29) is 18.7 Å². The van der Waals surface area contributed by atoms with Gasteiger partial charge in [0.2, 0.25) is 0 Å². The zero-order valence-corrected chi connectivity index (χ0v) is 24.7. The number of imidazole rings is 1. The molecule has 2 saturated heterocycles.